The van der Waals surface area contributed by atoms with Gasteiger partial charge in [-0.3, -0.25) is 14.3 Å². The molecule has 1 N–H and O–H groups in total. The third-order valence-corrected chi connectivity index (χ3v) is 6.46. The van der Waals surface area contributed by atoms with Gasteiger partial charge in [0.05, 0.1) is 23.0 Å². The topological polar surface area (TPSA) is 130 Å². The zero-order valence-electron chi connectivity index (χ0n) is 21.3. The van der Waals surface area contributed by atoms with E-state index < -0.39 is 41.6 Å². The van der Waals surface area contributed by atoms with Gasteiger partial charge in [0.2, 0.25) is 0 Å². The average Bonchev–Trinajstić information content (AvgIpc) is 3.59. The molecule has 10 nitrogen and oxygen atoms in total. The van der Waals surface area contributed by atoms with Crippen LogP contribution in [0.3, 0.4) is 0 Å². The molecular weight excluding hydrogens is 504 g/mol. The fourth-order valence-corrected chi connectivity index (χ4v) is 4.28. The predicted molar refractivity (Wildman–Crippen MR) is 139 cm³/mol. The summed E-state index contributed by atoms with van der Waals surface area (Å²) in [6.07, 6.45) is 0.195. The lowest BCUT2D eigenvalue weighted by atomic mass is 10.1. The van der Waals surface area contributed by atoms with Crippen molar-refractivity contribution >= 4 is 11.9 Å². The molecule has 0 bridgehead atoms. The molecule has 0 aliphatic carbocycles. The van der Waals surface area contributed by atoms with Crippen LogP contribution in [0.5, 0.6) is 0 Å². The van der Waals surface area contributed by atoms with Gasteiger partial charge in [0, 0.05) is 12.6 Å². The number of benzene rings is 2. The SMILES string of the molecule is Cc1ccc(C(=O)OC[C@H]2O[C@@H](n3cc(-c4ccco4)c(=O)[nH]c3=O)C[C@@H]2OC(=O)c2ccc(C)cc2)cc1. The highest BCUT2D eigenvalue weighted by Crippen LogP contribution is 2.31. The van der Waals surface area contributed by atoms with Crippen LogP contribution in [0.15, 0.2) is 87.1 Å². The molecular formula is C29H26N2O8. The molecule has 2 aromatic heterocycles. The maximum atomic E-state index is 12.9. The summed E-state index contributed by atoms with van der Waals surface area (Å²) < 4.78 is 23.8. The van der Waals surface area contributed by atoms with Crippen LogP contribution in [-0.2, 0) is 14.2 Å². The van der Waals surface area contributed by atoms with Crippen LogP contribution in [0.1, 0.15) is 44.5 Å². The Morgan fingerprint density at radius 1 is 0.949 bits per heavy atom. The Kier molecular flexibility index (Phi) is 7.29. The zero-order chi connectivity index (χ0) is 27.5. The lowest BCUT2D eigenvalue weighted by Gasteiger charge is -2.19. The number of hydrogen-bond donors (Lipinski definition) is 1. The van der Waals surface area contributed by atoms with Gasteiger partial charge in [-0.05, 0) is 50.2 Å². The number of ether oxygens (including phenoxy) is 3. The van der Waals surface area contributed by atoms with E-state index in [1.165, 1.54) is 17.0 Å². The Bertz CT molecular complexity index is 1580. The number of aryl methyl sites for hydroxylation is 2. The van der Waals surface area contributed by atoms with Gasteiger partial charge in [-0.2, -0.15) is 0 Å². The van der Waals surface area contributed by atoms with Crippen molar-refractivity contribution in [3.05, 3.63) is 116 Å². The van der Waals surface area contributed by atoms with Crippen LogP contribution < -0.4 is 11.2 Å². The van der Waals surface area contributed by atoms with E-state index in [-0.39, 0.29) is 24.4 Å². The quantitative estimate of drug-likeness (QED) is 0.357. The molecule has 1 aliphatic heterocycles. The molecule has 200 valence electrons. The molecule has 4 aromatic rings. The van der Waals surface area contributed by atoms with Crippen LogP contribution in [0.4, 0.5) is 0 Å². The van der Waals surface area contributed by atoms with Crippen molar-refractivity contribution in [2.75, 3.05) is 6.61 Å². The van der Waals surface area contributed by atoms with E-state index >= 15 is 0 Å². The summed E-state index contributed by atoms with van der Waals surface area (Å²) in [5, 5.41) is 0. The Labute approximate surface area is 222 Å². The molecule has 1 saturated heterocycles. The van der Waals surface area contributed by atoms with Gasteiger partial charge >= 0.3 is 17.6 Å². The van der Waals surface area contributed by atoms with Crippen molar-refractivity contribution < 1.29 is 28.2 Å². The summed E-state index contributed by atoms with van der Waals surface area (Å²) in [7, 11) is 0. The van der Waals surface area contributed by atoms with E-state index in [0.29, 0.717) is 11.1 Å². The number of esters is 2. The van der Waals surface area contributed by atoms with Gasteiger partial charge in [0.25, 0.3) is 5.56 Å². The van der Waals surface area contributed by atoms with Crippen LogP contribution in [0.25, 0.3) is 11.3 Å². The zero-order valence-corrected chi connectivity index (χ0v) is 21.3. The fraction of sp³-hybridized carbons (Fsp3) is 0.241. The van der Waals surface area contributed by atoms with Crippen molar-refractivity contribution in [3.8, 4) is 11.3 Å². The largest absolute Gasteiger partial charge is 0.464 e. The summed E-state index contributed by atoms with van der Waals surface area (Å²) in [4.78, 5) is 52.9. The van der Waals surface area contributed by atoms with Gasteiger partial charge in [-0.15, -0.1) is 0 Å². The number of nitrogens with zero attached hydrogens (tertiary/aromatic N) is 1. The molecule has 10 heteroatoms. The van der Waals surface area contributed by atoms with E-state index in [9.17, 15) is 19.2 Å². The number of rotatable bonds is 7. The van der Waals surface area contributed by atoms with Crippen LogP contribution >= 0.6 is 0 Å². The van der Waals surface area contributed by atoms with Gasteiger partial charge in [0.1, 0.15) is 30.8 Å². The molecule has 3 atom stereocenters. The van der Waals surface area contributed by atoms with E-state index in [4.69, 9.17) is 18.6 Å². The van der Waals surface area contributed by atoms with Gasteiger partial charge < -0.3 is 18.6 Å². The first-order valence-electron chi connectivity index (χ1n) is 12.3. The monoisotopic (exact) mass is 530 g/mol. The average molecular weight is 531 g/mol. The van der Waals surface area contributed by atoms with Crippen molar-refractivity contribution in [1.82, 2.24) is 9.55 Å². The van der Waals surface area contributed by atoms with E-state index in [1.54, 1.807) is 60.7 Å². The summed E-state index contributed by atoms with van der Waals surface area (Å²) >= 11 is 0. The molecule has 0 spiro atoms. The smallest absolute Gasteiger partial charge is 0.338 e. The molecule has 3 heterocycles. The number of carbonyl (C=O) groups excluding carboxylic acids is 2. The summed E-state index contributed by atoms with van der Waals surface area (Å²) in [6.45, 7) is 3.59. The normalized spacial score (nSPS) is 18.6. The van der Waals surface area contributed by atoms with Gasteiger partial charge in [-0.1, -0.05) is 35.4 Å². The summed E-state index contributed by atoms with van der Waals surface area (Å²) in [6, 6.07) is 17.0. The van der Waals surface area contributed by atoms with E-state index in [1.807, 2.05) is 13.8 Å². The summed E-state index contributed by atoms with van der Waals surface area (Å²) in [5.41, 5.74) is 1.50. The van der Waals surface area contributed by atoms with Crippen LogP contribution in [0.2, 0.25) is 0 Å². The summed E-state index contributed by atoms with van der Waals surface area (Å²) in [5.74, 6) is -0.870. The first kappa shape index (κ1) is 25.9. The molecule has 1 fully saturated rings. The molecule has 2 aromatic carbocycles. The highest BCUT2D eigenvalue weighted by Gasteiger charge is 2.40. The van der Waals surface area contributed by atoms with E-state index in [0.717, 1.165) is 11.1 Å². The number of H-pyrrole nitrogens is 1. The Morgan fingerprint density at radius 3 is 2.21 bits per heavy atom. The first-order valence-corrected chi connectivity index (χ1v) is 12.3. The second-order valence-electron chi connectivity index (χ2n) is 9.33. The van der Waals surface area contributed by atoms with E-state index in [2.05, 4.69) is 4.98 Å². The maximum absolute atomic E-state index is 12.9. The predicted octanol–water partition coefficient (Wildman–Crippen LogP) is 3.78. The number of furan rings is 1. The minimum absolute atomic E-state index is 0.0773. The third kappa shape index (κ3) is 5.75. The highest BCUT2D eigenvalue weighted by molar-refractivity contribution is 5.90. The second-order valence-corrected chi connectivity index (χ2v) is 9.33. The minimum atomic E-state index is -0.915. The lowest BCUT2D eigenvalue weighted by Crippen LogP contribution is -2.33. The van der Waals surface area contributed by atoms with Crippen molar-refractivity contribution in [2.24, 2.45) is 0 Å². The number of aromatic nitrogens is 2. The molecule has 39 heavy (non-hydrogen) atoms. The molecule has 0 saturated carbocycles. The molecule has 1 aliphatic rings. The number of aromatic amines is 1. The fourth-order valence-electron chi connectivity index (χ4n) is 4.28. The maximum Gasteiger partial charge on any atom is 0.338 e. The number of nitrogens with one attached hydrogen (secondary N) is 1. The molecule has 5 rings (SSSR count). The Balaban J connectivity index is 1.39. The Morgan fingerprint density at radius 2 is 1.59 bits per heavy atom. The minimum Gasteiger partial charge on any atom is -0.464 e. The van der Waals surface area contributed by atoms with Crippen LogP contribution in [-0.4, -0.2) is 40.3 Å². The molecule has 0 radical (unpaired) electrons. The van der Waals surface area contributed by atoms with Crippen molar-refractivity contribution in [3.63, 3.8) is 0 Å². The van der Waals surface area contributed by atoms with Crippen molar-refractivity contribution in [1.29, 1.82) is 0 Å². The van der Waals surface area contributed by atoms with Gasteiger partial charge in [0.15, 0.2) is 0 Å². The third-order valence-electron chi connectivity index (χ3n) is 6.46. The Hall–Kier alpha value is -4.70. The first-order chi connectivity index (χ1) is 18.8. The highest BCUT2D eigenvalue weighted by atomic mass is 16.6. The van der Waals surface area contributed by atoms with Crippen molar-refractivity contribution in [2.45, 2.75) is 38.7 Å². The van der Waals surface area contributed by atoms with Gasteiger partial charge in [-0.25, -0.2) is 14.4 Å². The lowest BCUT2D eigenvalue weighted by molar-refractivity contribution is -0.0582. The number of hydrogen-bond acceptors (Lipinski definition) is 8. The standard InChI is InChI=1S/C29H26N2O8/c1-17-5-9-19(10-6-17)27(33)37-16-24-23(39-28(34)20-11-7-18(2)8-12-20)14-25(38-24)31-15-21(22-4-3-13-36-22)26(32)30-29(31)35/h3-13,15,23-25H,14,16H2,1-2H3,(H,30,32,35)/t23-,24+,25+/m0/s1. The molecule has 0 unspecified atom stereocenters. The van der Waals surface area contributed by atoms with Crippen LogP contribution in [0, 0.1) is 13.8 Å². The number of carbonyl (C=O) groups is 2. The second kappa shape index (κ2) is 11.0. The molecule has 0 amide bonds.